The molecule has 2 aromatic heterocycles. The molecule has 3 atom stereocenters. The molecule has 0 aliphatic heterocycles. The van der Waals surface area contributed by atoms with Crippen molar-refractivity contribution in [3.8, 4) is 0 Å². The number of nitrogens with one attached hydrogen (secondary N) is 2. The molecule has 0 aliphatic rings. The van der Waals surface area contributed by atoms with Crippen molar-refractivity contribution >= 4 is 53.8 Å². The predicted molar refractivity (Wildman–Crippen MR) is 202 cm³/mol. The van der Waals surface area contributed by atoms with Crippen LogP contribution < -0.4 is 10.6 Å². The van der Waals surface area contributed by atoms with Crippen molar-refractivity contribution in [2.45, 2.75) is 51.4 Å². The summed E-state index contributed by atoms with van der Waals surface area (Å²) < 4.78 is 39.4. The molecule has 56 heavy (non-hydrogen) atoms. The van der Waals surface area contributed by atoms with E-state index in [4.69, 9.17) is 18.6 Å². The van der Waals surface area contributed by atoms with Gasteiger partial charge in [0.05, 0.1) is 17.1 Å². The van der Waals surface area contributed by atoms with Gasteiger partial charge in [0, 0.05) is 30.3 Å². The number of ether oxygens (including phenoxy) is 3. The molecule has 4 aromatic carbocycles. The molecule has 0 bridgehead atoms. The van der Waals surface area contributed by atoms with Gasteiger partial charge in [0.2, 0.25) is 5.91 Å². The zero-order chi connectivity index (χ0) is 40.1. The Morgan fingerprint density at radius 2 is 1.50 bits per heavy atom. The molecular formula is C40H38N3O12P. The van der Waals surface area contributed by atoms with E-state index in [9.17, 15) is 33.5 Å². The number of amides is 2. The number of fused-ring (bicyclic) bond motifs is 2. The molecule has 0 saturated heterocycles. The molecule has 16 heteroatoms. The van der Waals surface area contributed by atoms with E-state index in [2.05, 4.69) is 15.2 Å². The topological polar surface area (TPSA) is 205 Å². The van der Waals surface area contributed by atoms with Gasteiger partial charge in [-0.25, -0.2) is 23.5 Å². The zero-order valence-electron chi connectivity index (χ0n) is 30.4. The second kappa shape index (κ2) is 16.2. The van der Waals surface area contributed by atoms with Crippen LogP contribution in [-0.4, -0.2) is 49.9 Å². The smallest absolute Gasteiger partial charge is 0.457 e. The first-order valence-electron chi connectivity index (χ1n) is 17.3. The van der Waals surface area contributed by atoms with Gasteiger partial charge in [0.1, 0.15) is 16.9 Å². The highest BCUT2D eigenvalue weighted by Crippen LogP contribution is 2.43. The molecule has 0 spiro atoms. The Morgan fingerprint density at radius 3 is 2.20 bits per heavy atom. The normalized spacial score (nSPS) is 14.2. The molecule has 0 aliphatic carbocycles. The maximum Gasteiger partial charge on any atom is 0.475 e. The van der Waals surface area contributed by atoms with Crippen molar-refractivity contribution < 1.29 is 56.7 Å². The van der Waals surface area contributed by atoms with E-state index in [1.807, 2.05) is 48.5 Å². The molecule has 0 fully saturated rings. The number of para-hydroxylation sites is 2. The molecule has 6 rings (SSSR count). The molecular weight excluding hydrogens is 745 g/mol. The molecule has 3 unspecified atom stereocenters. The predicted octanol–water partition coefficient (Wildman–Crippen LogP) is 7.12. The van der Waals surface area contributed by atoms with Crippen LogP contribution >= 0.6 is 7.82 Å². The summed E-state index contributed by atoms with van der Waals surface area (Å²) in [6, 6.07) is 31.7. The number of hydrogen-bond donors (Lipinski definition) is 4. The molecule has 15 nitrogen and oxygen atoms in total. The number of carbonyl (C=O) groups excluding carboxylic acids is 4. The van der Waals surface area contributed by atoms with Crippen molar-refractivity contribution in [2.24, 2.45) is 0 Å². The minimum Gasteiger partial charge on any atom is -0.457 e. The highest BCUT2D eigenvalue weighted by molar-refractivity contribution is 7.46. The largest absolute Gasteiger partial charge is 0.475 e. The number of phosphoric ester groups is 1. The first-order valence-corrected chi connectivity index (χ1v) is 18.8. The summed E-state index contributed by atoms with van der Waals surface area (Å²) in [7, 11) is -5.41. The van der Waals surface area contributed by atoms with Crippen LogP contribution in [0.4, 0.5) is 9.59 Å². The monoisotopic (exact) mass is 783 g/mol. The lowest BCUT2D eigenvalue weighted by Gasteiger charge is -2.31. The SMILES string of the molecule is CC(NC(=O)C(C)(Cc1cn(C(=O)OC(C)(OC(=O)c2ccccc2)OP(=O)(O)O)c2ccccc12)NC(=O)OCc1cc2ccccc2o1)c1ccccc1. The average Bonchev–Trinajstić information content (AvgIpc) is 3.75. The summed E-state index contributed by atoms with van der Waals surface area (Å²) in [6.07, 6.45) is -1.05. The molecule has 290 valence electrons. The third-order valence-corrected chi connectivity index (χ3v) is 9.30. The lowest BCUT2D eigenvalue weighted by Crippen LogP contribution is -2.58. The molecule has 6 aromatic rings. The van der Waals surface area contributed by atoms with Crippen LogP contribution in [0.3, 0.4) is 0 Å². The van der Waals surface area contributed by atoms with Gasteiger partial charge in [-0.2, -0.15) is 0 Å². The van der Waals surface area contributed by atoms with Gasteiger partial charge in [-0.3, -0.25) is 9.36 Å². The summed E-state index contributed by atoms with van der Waals surface area (Å²) >= 11 is 0. The highest BCUT2D eigenvalue weighted by Gasteiger charge is 2.43. The Bertz CT molecular complexity index is 2390. The van der Waals surface area contributed by atoms with E-state index in [-0.39, 0.29) is 24.1 Å². The van der Waals surface area contributed by atoms with E-state index in [0.29, 0.717) is 22.3 Å². The Balaban J connectivity index is 1.28. The van der Waals surface area contributed by atoms with Gasteiger partial charge in [-0.15, -0.1) is 0 Å². The van der Waals surface area contributed by atoms with Gasteiger partial charge in [0.25, 0.3) is 0 Å². The molecule has 0 saturated carbocycles. The second-order valence-electron chi connectivity index (χ2n) is 13.2. The Hall–Kier alpha value is -6.25. The van der Waals surface area contributed by atoms with E-state index >= 15 is 0 Å². The minimum absolute atomic E-state index is 0.0134. The fraction of sp³-hybridized carbons (Fsp3) is 0.200. The van der Waals surface area contributed by atoms with Gasteiger partial charge in [-0.1, -0.05) is 84.9 Å². The van der Waals surface area contributed by atoms with Crippen molar-refractivity contribution in [3.63, 3.8) is 0 Å². The number of furan rings is 1. The fourth-order valence-corrected chi connectivity index (χ4v) is 6.58. The number of alkyl carbamates (subject to hydrolysis) is 1. The Kier molecular flexibility index (Phi) is 11.4. The maximum absolute atomic E-state index is 14.2. The first-order chi connectivity index (χ1) is 26.6. The summed E-state index contributed by atoms with van der Waals surface area (Å²) in [4.78, 5) is 73.5. The van der Waals surface area contributed by atoms with Crippen LogP contribution in [0.25, 0.3) is 21.9 Å². The number of phosphoric acid groups is 1. The highest BCUT2D eigenvalue weighted by atomic mass is 31.2. The molecule has 0 radical (unpaired) electrons. The maximum atomic E-state index is 14.2. The Morgan fingerprint density at radius 1 is 0.857 bits per heavy atom. The van der Waals surface area contributed by atoms with Gasteiger partial charge in [-0.05, 0) is 55.3 Å². The second-order valence-corrected chi connectivity index (χ2v) is 14.3. The van der Waals surface area contributed by atoms with E-state index in [1.54, 1.807) is 49.4 Å². The van der Waals surface area contributed by atoms with Crippen LogP contribution in [0.1, 0.15) is 54.1 Å². The van der Waals surface area contributed by atoms with Gasteiger partial charge in [0.15, 0.2) is 6.61 Å². The van der Waals surface area contributed by atoms with Gasteiger partial charge >= 0.3 is 32.0 Å². The first kappa shape index (κ1) is 39.4. The van der Waals surface area contributed by atoms with Crippen LogP contribution in [0.2, 0.25) is 0 Å². The summed E-state index contributed by atoms with van der Waals surface area (Å²) in [5.74, 6) is -4.20. The number of benzene rings is 4. The van der Waals surface area contributed by atoms with Crippen LogP contribution in [0.15, 0.2) is 126 Å². The van der Waals surface area contributed by atoms with Crippen LogP contribution in [0, 0.1) is 0 Å². The van der Waals surface area contributed by atoms with Crippen LogP contribution in [0.5, 0.6) is 0 Å². The van der Waals surface area contributed by atoms with Crippen molar-refractivity contribution in [2.75, 3.05) is 0 Å². The average molecular weight is 784 g/mol. The van der Waals surface area contributed by atoms with E-state index < -0.39 is 49.4 Å². The lowest BCUT2D eigenvalue weighted by atomic mass is 9.91. The van der Waals surface area contributed by atoms with E-state index in [1.165, 1.54) is 37.4 Å². The number of nitrogens with zero attached hydrogens (tertiary/aromatic N) is 1. The minimum atomic E-state index is -5.41. The quantitative estimate of drug-likeness (QED) is 0.0525. The molecule has 2 heterocycles. The molecule has 2 amide bonds. The molecule has 4 N–H and O–H groups in total. The summed E-state index contributed by atoms with van der Waals surface area (Å²) in [6.45, 7) is 3.92. The number of esters is 1. The number of hydrogen-bond acceptors (Lipinski definition) is 10. The zero-order valence-corrected chi connectivity index (χ0v) is 31.3. The third kappa shape index (κ3) is 9.51. The van der Waals surface area contributed by atoms with Crippen molar-refractivity contribution in [1.29, 1.82) is 0 Å². The fourth-order valence-electron chi connectivity index (χ4n) is 6.07. The summed E-state index contributed by atoms with van der Waals surface area (Å²) in [5.41, 5.74) is 0.329. The number of rotatable bonds is 13. The van der Waals surface area contributed by atoms with Gasteiger partial charge < -0.3 is 39.0 Å². The Labute approximate surface area is 320 Å². The van der Waals surface area contributed by atoms with Crippen molar-refractivity contribution in [1.82, 2.24) is 15.2 Å². The lowest BCUT2D eigenvalue weighted by molar-refractivity contribution is -0.278. The van der Waals surface area contributed by atoms with Crippen LogP contribution in [-0.2, 0) is 41.1 Å². The van der Waals surface area contributed by atoms with Crippen molar-refractivity contribution in [3.05, 3.63) is 144 Å². The number of carbonyl (C=O) groups is 4. The number of aromatic nitrogens is 1. The summed E-state index contributed by atoms with van der Waals surface area (Å²) in [5, 5.41) is 6.93. The third-order valence-electron chi connectivity index (χ3n) is 8.73. The van der Waals surface area contributed by atoms with E-state index in [0.717, 1.165) is 22.4 Å². The standard InChI is InChI=1S/C40H38N3O12P/c1-26(27-14-6-4-7-15-27)41-36(45)39(2,42-37(46)51-25-31-22-29-18-10-13-21-34(29)52-31)23-30-24-43(33-20-12-11-19-32(30)33)38(47)54-40(3,55-56(48,49)50)53-35(44)28-16-8-5-9-17-28/h4-22,24,26H,23,25H2,1-3H3,(H,41,45)(H,42,46)(H2,48,49,50).